The van der Waals surface area contributed by atoms with Crippen molar-refractivity contribution in [3.8, 4) is 45.5 Å². The minimum atomic E-state index is 0.660. The smallest absolute Gasteiger partial charge is 0.164 e. The third kappa shape index (κ3) is 4.98. The molecule has 0 bridgehead atoms. The van der Waals surface area contributed by atoms with Gasteiger partial charge in [-0.25, -0.2) is 15.0 Å². The maximum absolute atomic E-state index is 5.00. The van der Waals surface area contributed by atoms with E-state index in [1.807, 2.05) is 72.0 Å². The molecular weight excluding hydrogens is 715 g/mol. The van der Waals surface area contributed by atoms with Gasteiger partial charge in [0.15, 0.2) is 17.5 Å². The molecule has 0 aliphatic heterocycles. The Bertz CT molecular complexity index is 3450. The maximum atomic E-state index is 5.00. The summed E-state index contributed by atoms with van der Waals surface area (Å²) in [4.78, 5) is 14.9. The molecule has 0 radical (unpaired) electrons. The summed E-state index contributed by atoms with van der Waals surface area (Å²) >= 11 is 1.81. The minimum absolute atomic E-state index is 0.660. The van der Waals surface area contributed by atoms with Crippen molar-refractivity contribution < 1.29 is 0 Å². The number of benzene rings is 8. The van der Waals surface area contributed by atoms with Crippen LogP contribution in [0.25, 0.3) is 109 Å². The molecule has 8 aromatic carbocycles. The lowest BCUT2D eigenvalue weighted by Gasteiger charge is -2.09. The van der Waals surface area contributed by atoms with Crippen molar-refractivity contribution in [2.45, 2.75) is 0 Å². The van der Waals surface area contributed by atoms with E-state index in [-0.39, 0.29) is 0 Å². The predicted octanol–water partition coefficient (Wildman–Crippen LogP) is 13.4. The molecule has 266 valence electrons. The van der Waals surface area contributed by atoms with E-state index < -0.39 is 0 Å². The van der Waals surface area contributed by atoms with Crippen LogP contribution in [0.5, 0.6) is 0 Å². The molecule has 6 heteroatoms. The number of thiophene rings is 1. The predicted molar refractivity (Wildman–Crippen MR) is 238 cm³/mol. The monoisotopic (exact) mass is 745 g/mol. The fourth-order valence-electron chi connectivity index (χ4n) is 8.63. The average Bonchev–Trinajstić information content (AvgIpc) is 3.94. The molecule has 0 saturated heterocycles. The Balaban J connectivity index is 1.03. The first-order valence-corrected chi connectivity index (χ1v) is 19.9. The Kier molecular flexibility index (Phi) is 7.03. The van der Waals surface area contributed by atoms with E-state index in [9.17, 15) is 0 Å². The number of hydrogen-bond acceptors (Lipinski definition) is 4. The van der Waals surface area contributed by atoms with Crippen LogP contribution < -0.4 is 0 Å². The number of rotatable bonds is 5. The van der Waals surface area contributed by atoms with Gasteiger partial charge in [-0.2, -0.15) is 0 Å². The Hall–Kier alpha value is -7.41. The summed E-state index contributed by atoms with van der Waals surface area (Å²) in [6, 6.07) is 66.7. The van der Waals surface area contributed by atoms with Crippen LogP contribution in [0.4, 0.5) is 0 Å². The molecule has 0 N–H and O–H groups in total. The van der Waals surface area contributed by atoms with Gasteiger partial charge in [0.25, 0.3) is 0 Å². The fraction of sp³-hybridized carbons (Fsp3) is 0. The summed E-state index contributed by atoms with van der Waals surface area (Å²) in [5.74, 6) is 1.98. The molecule has 57 heavy (non-hydrogen) atoms. The number of para-hydroxylation sites is 3. The quantitative estimate of drug-likeness (QED) is 0.176. The first-order valence-electron chi connectivity index (χ1n) is 19.1. The first kappa shape index (κ1) is 31.9. The zero-order valence-corrected chi connectivity index (χ0v) is 31.4. The molecule has 12 aromatic rings. The van der Waals surface area contributed by atoms with Gasteiger partial charge in [-0.05, 0) is 54.6 Å². The van der Waals surface area contributed by atoms with Gasteiger partial charge < -0.3 is 9.13 Å². The van der Waals surface area contributed by atoms with E-state index in [1.54, 1.807) is 0 Å². The second-order valence-corrected chi connectivity index (χ2v) is 15.5. The highest BCUT2D eigenvalue weighted by atomic mass is 32.1. The molecule has 0 aliphatic rings. The highest BCUT2D eigenvalue weighted by Gasteiger charge is 2.21. The zero-order valence-electron chi connectivity index (χ0n) is 30.5. The molecule has 0 aliphatic carbocycles. The van der Waals surface area contributed by atoms with Gasteiger partial charge in [0, 0.05) is 69.8 Å². The average molecular weight is 746 g/mol. The van der Waals surface area contributed by atoms with Gasteiger partial charge in [0.05, 0.1) is 22.1 Å². The van der Waals surface area contributed by atoms with Gasteiger partial charge in [0.2, 0.25) is 0 Å². The SMILES string of the molecule is c1ccc(-c2nc(-c3ccccc3)nc(-c3ccc4c(c3)sc3cc(-n5c6ccccc6c6c7c8ccccc8n(-c8ccccc8)c7ccc65)ccc34)n2)cc1. The lowest BCUT2D eigenvalue weighted by Crippen LogP contribution is -1.99. The summed E-state index contributed by atoms with van der Waals surface area (Å²) in [6.07, 6.45) is 0. The standard InChI is InChI=1S/C51H31N5S/c1-4-14-32(15-5-1)49-52-50(33-16-6-2-7-17-33)54-51(53-49)34-24-26-37-38-27-25-36(31-46(38)57-45(37)30-34)56-42-23-13-11-21-40(42)48-44(56)29-28-43-47(48)39-20-10-12-22-41(39)55(43)35-18-8-3-9-19-35/h1-31H. The third-order valence-electron chi connectivity index (χ3n) is 11.2. The van der Waals surface area contributed by atoms with Gasteiger partial charge in [-0.15, -0.1) is 11.3 Å². The molecule has 4 heterocycles. The van der Waals surface area contributed by atoms with Crippen LogP contribution in [0.2, 0.25) is 0 Å². The molecule has 0 saturated carbocycles. The van der Waals surface area contributed by atoms with E-state index in [1.165, 1.54) is 63.8 Å². The van der Waals surface area contributed by atoms with E-state index >= 15 is 0 Å². The molecule has 0 amide bonds. The van der Waals surface area contributed by atoms with E-state index in [2.05, 4.69) is 137 Å². The van der Waals surface area contributed by atoms with Crippen LogP contribution in [-0.2, 0) is 0 Å². The van der Waals surface area contributed by atoms with Crippen molar-refractivity contribution in [1.82, 2.24) is 24.1 Å². The van der Waals surface area contributed by atoms with Crippen molar-refractivity contribution in [2.24, 2.45) is 0 Å². The highest BCUT2D eigenvalue weighted by Crippen LogP contribution is 2.43. The zero-order chi connectivity index (χ0) is 37.5. The van der Waals surface area contributed by atoms with E-state index in [0.717, 1.165) is 28.1 Å². The van der Waals surface area contributed by atoms with Crippen LogP contribution >= 0.6 is 11.3 Å². The Morgan fingerprint density at radius 2 is 0.772 bits per heavy atom. The van der Waals surface area contributed by atoms with Gasteiger partial charge >= 0.3 is 0 Å². The number of aromatic nitrogens is 5. The largest absolute Gasteiger partial charge is 0.309 e. The lowest BCUT2D eigenvalue weighted by atomic mass is 10.1. The number of nitrogens with zero attached hydrogens (tertiary/aromatic N) is 5. The second-order valence-electron chi connectivity index (χ2n) is 14.4. The Morgan fingerprint density at radius 3 is 1.35 bits per heavy atom. The van der Waals surface area contributed by atoms with E-state index in [4.69, 9.17) is 15.0 Å². The second kappa shape index (κ2) is 12.6. The number of hydrogen-bond donors (Lipinski definition) is 0. The van der Waals surface area contributed by atoms with Crippen LogP contribution in [0.15, 0.2) is 188 Å². The molecule has 0 unspecified atom stereocenters. The summed E-state index contributed by atoms with van der Waals surface area (Å²) in [6.45, 7) is 0. The Labute approximate surface area is 331 Å². The van der Waals surface area contributed by atoms with Gasteiger partial charge in [-0.3, -0.25) is 0 Å². The van der Waals surface area contributed by atoms with Crippen LogP contribution in [0.1, 0.15) is 0 Å². The lowest BCUT2D eigenvalue weighted by molar-refractivity contribution is 1.07. The van der Waals surface area contributed by atoms with Crippen molar-refractivity contribution in [1.29, 1.82) is 0 Å². The fourth-order valence-corrected chi connectivity index (χ4v) is 9.81. The summed E-state index contributed by atoms with van der Waals surface area (Å²) in [7, 11) is 0. The molecule has 0 spiro atoms. The van der Waals surface area contributed by atoms with Crippen molar-refractivity contribution >= 4 is 75.1 Å². The van der Waals surface area contributed by atoms with E-state index in [0.29, 0.717) is 17.5 Å². The maximum Gasteiger partial charge on any atom is 0.164 e. The normalized spacial score (nSPS) is 11.9. The molecule has 0 fully saturated rings. The molecular formula is C51H31N5S. The molecule has 12 rings (SSSR count). The highest BCUT2D eigenvalue weighted by molar-refractivity contribution is 7.25. The van der Waals surface area contributed by atoms with Gasteiger partial charge in [0.1, 0.15) is 0 Å². The van der Waals surface area contributed by atoms with Crippen molar-refractivity contribution in [3.63, 3.8) is 0 Å². The summed E-state index contributed by atoms with van der Waals surface area (Å²) in [5.41, 5.74) is 9.99. The van der Waals surface area contributed by atoms with Gasteiger partial charge in [-0.1, -0.05) is 133 Å². The molecule has 5 nitrogen and oxygen atoms in total. The summed E-state index contributed by atoms with van der Waals surface area (Å²) < 4.78 is 7.27. The topological polar surface area (TPSA) is 48.5 Å². The summed E-state index contributed by atoms with van der Waals surface area (Å²) in [5, 5.41) is 7.52. The van der Waals surface area contributed by atoms with Crippen molar-refractivity contribution in [2.75, 3.05) is 0 Å². The number of fused-ring (bicyclic) bond motifs is 10. The first-order chi connectivity index (χ1) is 28.3. The van der Waals surface area contributed by atoms with Crippen molar-refractivity contribution in [3.05, 3.63) is 188 Å². The Morgan fingerprint density at radius 1 is 0.316 bits per heavy atom. The van der Waals surface area contributed by atoms with Crippen LogP contribution in [0, 0.1) is 0 Å². The minimum Gasteiger partial charge on any atom is -0.309 e. The third-order valence-corrected chi connectivity index (χ3v) is 12.3. The van der Waals surface area contributed by atoms with Crippen LogP contribution in [0.3, 0.4) is 0 Å². The van der Waals surface area contributed by atoms with Crippen LogP contribution in [-0.4, -0.2) is 24.1 Å². The molecule has 4 aromatic heterocycles. The molecule has 0 atom stereocenters.